The number of hydrogen-bond donors (Lipinski definition) is 1. The van der Waals surface area contributed by atoms with Crippen LogP contribution in [0, 0.1) is 6.92 Å². The van der Waals surface area contributed by atoms with Crippen LogP contribution in [-0.4, -0.2) is 38.9 Å². The number of imidazole rings is 1. The highest BCUT2D eigenvalue weighted by atomic mass is 32.2. The van der Waals surface area contributed by atoms with Gasteiger partial charge in [-0.05, 0) is 31.7 Å². The van der Waals surface area contributed by atoms with Gasteiger partial charge in [-0.3, -0.25) is 9.36 Å². The Labute approximate surface area is 166 Å². The highest BCUT2D eigenvalue weighted by Crippen LogP contribution is 2.22. The SMILES string of the molecule is CCC(OC(=O)c1cnc(SC)n1-c1ccccc1)C(=O)Nc1cc(C)on1. The summed E-state index contributed by atoms with van der Waals surface area (Å²) in [5, 5.41) is 6.95. The number of amides is 1. The molecule has 0 saturated heterocycles. The second-order valence-electron chi connectivity index (χ2n) is 5.92. The van der Waals surface area contributed by atoms with E-state index in [0.717, 1.165) is 5.69 Å². The minimum absolute atomic E-state index is 0.249. The van der Waals surface area contributed by atoms with E-state index in [9.17, 15) is 9.59 Å². The molecule has 9 heteroatoms. The number of ether oxygens (including phenoxy) is 1. The molecule has 0 aliphatic rings. The Morgan fingerprint density at radius 1 is 1.32 bits per heavy atom. The molecule has 1 amide bonds. The van der Waals surface area contributed by atoms with Gasteiger partial charge in [-0.15, -0.1) is 0 Å². The molecule has 0 aliphatic carbocycles. The number of para-hydroxylation sites is 1. The maximum Gasteiger partial charge on any atom is 0.357 e. The zero-order valence-corrected chi connectivity index (χ0v) is 16.5. The van der Waals surface area contributed by atoms with E-state index >= 15 is 0 Å². The molecule has 1 N–H and O–H groups in total. The summed E-state index contributed by atoms with van der Waals surface area (Å²) in [5.74, 6) is -0.261. The Morgan fingerprint density at radius 3 is 2.68 bits per heavy atom. The largest absolute Gasteiger partial charge is 0.448 e. The lowest BCUT2D eigenvalue weighted by Crippen LogP contribution is -2.32. The summed E-state index contributed by atoms with van der Waals surface area (Å²) >= 11 is 1.41. The first-order chi connectivity index (χ1) is 13.5. The van der Waals surface area contributed by atoms with Crippen molar-refractivity contribution in [3.05, 3.63) is 54.0 Å². The first-order valence-electron chi connectivity index (χ1n) is 8.65. The van der Waals surface area contributed by atoms with E-state index in [-0.39, 0.29) is 11.5 Å². The fourth-order valence-electron chi connectivity index (χ4n) is 2.59. The van der Waals surface area contributed by atoms with Gasteiger partial charge in [0.05, 0.1) is 6.20 Å². The van der Waals surface area contributed by atoms with Gasteiger partial charge in [-0.1, -0.05) is 42.0 Å². The van der Waals surface area contributed by atoms with Crippen LogP contribution in [0.2, 0.25) is 0 Å². The molecule has 3 aromatic rings. The van der Waals surface area contributed by atoms with Crippen LogP contribution in [0.25, 0.3) is 5.69 Å². The molecule has 3 rings (SSSR count). The predicted molar refractivity (Wildman–Crippen MR) is 105 cm³/mol. The number of nitrogens with zero attached hydrogens (tertiary/aromatic N) is 3. The molecule has 28 heavy (non-hydrogen) atoms. The highest BCUT2D eigenvalue weighted by molar-refractivity contribution is 7.98. The van der Waals surface area contributed by atoms with Gasteiger partial charge in [-0.2, -0.15) is 0 Å². The van der Waals surface area contributed by atoms with Crippen molar-refractivity contribution in [1.29, 1.82) is 0 Å². The molecule has 0 spiro atoms. The molecule has 0 saturated carbocycles. The average Bonchev–Trinajstić information content (AvgIpc) is 3.32. The lowest BCUT2D eigenvalue weighted by Gasteiger charge is -2.16. The molecule has 0 radical (unpaired) electrons. The third kappa shape index (κ3) is 4.25. The number of aryl methyl sites for hydroxylation is 1. The van der Waals surface area contributed by atoms with Crippen molar-refractivity contribution < 1.29 is 18.8 Å². The van der Waals surface area contributed by atoms with E-state index in [1.54, 1.807) is 24.5 Å². The monoisotopic (exact) mass is 400 g/mol. The van der Waals surface area contributed by atoms with Crippen molar-refractivity contribution in [2.24, 2.45) is 0 Å². The second kappa shape index (κ2) is 8.75. The quantitative estimate of drug-likeness (QED) is 0.479. The number of nitrogens with one attached hydrogen (secondary N) is 1. The summed E-state index contributed by atoms with van der Waals surface area (Å²) in [4.78, 5) is 29.5. The maximum absolute atomic E-state index is 12.8. The van der Waals surface area contributed by atoms with Crippen LogP contribution in [-0.2, 0) is 9.53 Å². The Morgan fingerprint density at radius 2 is 2.07 bits per heavy atom. The molecule has 1 unspecified atom stereocenters. The zero-order chi connectivity index (χ0) is 20.1. The van der Waals surface area contributed by atoms with Crippen molar-refractivity contribution in [1.82, 2.24) is 14.7 Å². The normalized spacial score (nSPS) is 11.8. The lowest BCUT2D eigenvalue weighted by atomic mass is 10.2. The molecular weight excluding hydrogens is 380 g/mol. The molecule has 0 fully saturated rings. The number of rotatable bonds is 7. The van der Waals surface area contributed by atoms with E-state index in [1.807, 2.05) is 36.6 Å². The van der Waals surface area contributed by atoms with Gasteiger partial charge in [-0.25, -0.2) is 9.78 Å². The number of thioether (sulfide) groups is 1. The fourth-order valence-corrected chi connectivity index (χ4v) is 3.14. The van der Waals surface area contributed by atoms with Crippen LogP contribution in [0.5, 0.6) is 0 Å². The van der Waals surface area contributed by atoms with Crippen LogP contribution in [0.15, 0.2) is 52.3 Å². The van der Waals surface area contributed by atoms with E-state index in [2.05, 4.69) is 15.5 Å². The zero-order valence-electron chi connectivity index (χ0n) is 15.7. The number of benzene rings is 1. The summed E-state index contributed by atoms with van der Waals surface area (Å²) in [7, 11) is 0. The second-order valence-corrected chi connectivity index (χ2v) is 6.69. The predicted octanol–water partition coefficient (Wildman–Crippen LogP) is 3.46. The number of carbonyl (C=O) groups excluding carboxylic acids is 2. The maximum atomic E-state index is 12.8. The minimum Gasteiger partial charge on any atom is -0.448 e. The van der Waals surface area contributed by atoms with Crippen LogP contribution in [0.4, 0.5) is 5.82 Å². The van der Waals surface area contributed by atoms with Gasteiger partial charge in [0, 0.05) is 11.8 Å². The number of anilines is 1. The minimum atomic E-state index is -0.971. The summed E-state index contributed by atoms with van der Waals surface area (Å²) in [6, 6.07) is 11.0. The standard InChI is InChI=1S/C19H20N4O4S/c1-4-15(17(24)21-16-10-12(2)27-22-16)26-18(25)14-11-20-19(28-3)23(14)13-8-6-5-7-9-13/h5-11,15H,4H2,1-3H3,(H,21,22,24). The Bertz CT molecular complexity index is 967. The summed E-state index contributed by atoms with van der Waals surface area (Å²) in [5.41, 5.74) is 1.03. The molecule has 2 heterocycles. The smallest absolute Gasteiger partial charge is 0.357 e. The van der Waals surface area contributed by atoms with Gasteiger partial charge in [0.15, 0.2) is 22.8 Å². The van der Waals surface area contributed by atoms with Gasteiger partial charge in [0.2, 0.25) is 0 Å². The summed E-state index contributed by atoms with van der Waals surface area (Å²) in [6.45, 7) is 3.47. The van der Waals surface area contributed by atoms with E-state index in [4.69, 9.17) is 9.26 Å². The number of aromatic nitrogens is 3. The summed E-state index contributed by atoms with van der Waals surface area (Å²) in [6.07, 6.45) is 2.66. The highest BCUT2D eigenvalue weighted by Gasteiger charge is 2.26. The molecule has 2 aromatic heterocycles. The lowest BCUT2D eigenvalue weighted by molar-refractivity contribution is -0.124. The summed E-state index contributed by atoms with van der Waals surface area (Å²) < 4.78 is 12.1. The van der Waals surface area contributed by atoms with Gasteiger partial charge in [0.25, 0.3) is 5.91 Å². The van der Waals surface area contributed by atoms with Crippen LogP contribution in [0.3, 0.4) is 0 Å². The molecule has 146 valence electrons. The van der Waals surface area contributed by atoms with Crippen LogP contribution >= 0.6 is 11.8 Å². The van der Waals surface area contributed by atoms with Gasteiger partial charge >= 0.3 is 5.97 Å². The molecule has 0 bridgehead atoms. The van der Waals surface area contributed by atoms with Crippen molar-refractivity contribution in [2.75, 3.05) is 11.6 Å². The third-order valence-corrected chi connectivity index (χ3v) is 4.58. The van der Waals surface area contributed by atoms with Crippen LogP contribution < -0.4 is 5.32 Å². The average molecular weight is 400 g/mol. The molecule has 8 nitrogen and oxygen atoms in total. The van der Waals surface area contributed by atoms with E-state index in [1.165, 1.54) is 18.0 Å². The first kappa shape index (κ1) is 19.7. The topological polar surface area (TPSA) is 99.2 Å². The van der Waals surface area contributed by atoms with Gasteiger partial charge < -0.3 is 14.6 Å². The Hall–Kier alpha value is -3.07. The van der Waals surface area contributed by atoms with Crippen molar-refractivity contribution in [3.8, 4) is 5.69 Å². The Balaban J connectivity index is 1.80. The van der Waals surface area contributed by atoms with E-state index < -0.39 is 18.0 Å². The third-order valence-electron chi connectivity index (χ3n) is 3.93. The number of hydrogen-bond acceptors (Lipinski definition) is 7. The molecule has 0 aliphatic heterocycles. The Kier molecular flexibility index (Phi) is 6.15. The van der Waals surface area contributed by atoms with Crippen molar-refractivity contribution in [2.45, 2.75) is 31.5 Å². The van der Waals surface area contributed by atoms with Gasteiger partial charge in [0.1, 0.15) is 5.76 Å². The number of esters is 1. The first-order valence-corrected chi connectivity index (χ1v) is 9.88. The number of carbonyl (C=O) groups is 2. The van der Waals surface area contributed by atoms with Crippen molar-refractivity contribution in [3.63, 3.8) is 0 Å². The molecule has 1 aromatic carbocycles. The molecule has 1 atom stereocenters. The van der Waals surface area contributed by atoms with Crippen molar-refractivity contribution >= 4 is 29.5 Å². The van der Waals surface area contributed by atoms with Crippen LogP contribution in [0.1, 0.15) is 29.6 Å². The van der Waals surface area contributed by atoms with E-state index in [0.29, 0.717) is 17.3 Å². The fraction of sp³-hybridized carbons (Fsp3) is 0.263. The molecular formula is C19H20N4O4S.